The van der Waals surface area contributed by atoms with Gasteiger partial charge in [-0.25, -0.2) is 4.98 Å². The van der Waals surface area contributed by atoms with Crippen LogP contribution in [0.3, 0.4) is 0 Å². The number of amides is 2. The van der Waals surface area contributed by atoms with E-state index in [-0.39, 0.29) is 23.4 Å². The SMILES string of the molecule is CCC(OC)C(=O)N1CC2(CC(NC(=O)c3ccc(C)nc3C)c3nccn32)C1. The Morgan fingerprint density at radius 1 is 1.34 bits per heavy atom. The molecule has 1 fully saturated rings. The topological polar surface area (TPSA) is 89.3 Å². The number of nitrogens with zero attached hydrogens (tertiary/aromatic N) is 4. The van der Waals surface area contributed by atoms with Crippen LogP contribution in [0.5, 0.6) is 0 Å². The Morgan fingerprint density at radius 2 is 2.10 bits per heavy atom. The lowest BCUT2D eigenvalue weighted by atomic mass is 9.85. The third-order valence-corrected chi connectivity index (χ3v) is 6.06. The zero-order valence-corrected chi connectivity index (χ0v) is 17.3. The van der Waals surface area contributed by atoms with Gasteiger partial charge in [0.1, 0.15) is 11.9 Å². The van der Waals surface area contributed by atoms with Crippen molar-refractivity contribution in [3.8, 4) is 0 Å². The van der Waals surface area contributed by atoms with E-state index in [9.17, 15) is 9.59 Å². The number of pyridine rings is 1. The summed E-state index contributed by atoms with van der Waals surface area (Å²) in [5, 5.41) is 3.12. The standard InChI is InChI=1S/C21H27N5O3/c1-5-17(29-4)20(28)25-11-21(12-25)10-16(18-22-8-9-26(18)21)24-19(27)15-7-6-13(2)23-14(15)3/h6-9,16-17H,5,10-12H2,1-4H3,(H,24,27). The van der Waals surface area contributed by atoms with E-state index in [1.165, 1.54) is 0 Å². The number of hydrogen-bond acceptors (Lipinski definition) is 5. The smallest absolute Gasteiger partial charge is 0.253 e. The Hall–Kier alpha value is -2.74. The van der Waals surface area contributed by atoms with Gasteiger partial charge in [0.2, 0.25) is 0 Å². The molecule has 8 nitrogen and oxygen atoms in total. The van der Waals surface area contributed by atoms with E-state index in [4.69, 9.17) is 4.74 Å². The van der Waals surface area contributed by atoms with E-state index in [1.807, 2.05) is 44.0 Å². The van der Waals surface area contributed by atoms with Crippen molar-refractivity contribution < 1.29 is 14.3 Å². The molecule has 0 radical (unpaired) electrons. The Morgan fingerprint density at radius 3 is 2.76 bits per heavy atom. The Balaban J connectivity index is 1.49. The highest BCUT2D eigenvalue weighted by atomic mass is 16.5. The molecule has 1 saturated heterocycles. The molecule has 1 N–H and O–H groups in total. The van der Waals surface area contributed by atoms with Gasteiger partial charge in [-0.2, -0.15) is 0 Å². The molecule has 2 aliphatic heterocycles. The highest BCUT2D eigenvalue weighted by molar-refractivity contribution is 5.95. The highest BCUT2D eigenvalue weighted by Gasteiger charge is 2.54. The van der Waals surface area contributed by atoms with Crippen LogP contribution in [-0.2, 0) is 15.1 Å². The van der Waals surface area contributed by atoms with Crippen molar-refractivity contribution in [2.45, 2.75) is 51.3 Å². The number of hydrogen-bond donors (Lipinski definition) is 1. The number of rotatable bonds is 5. The van der Waals surface area contributed by atoms with E-state index >= 15 is 0 Å². The second-order valence-electron chi connectivity index (χ2n) is 8.02. The van der Waals surface area contributed by atoms with Crippen molar-refractivity contribution >= 4 is 11.8 Å². The number of nitrogens with one attached hydrogen (secondary N) is 1. The lowest BCUT2D eigenvalue weighted by Gasteiger charge is -2.49. The summed E-state index contributed by atoms with van der Waals surface area (Å²) in [5.41, 5.74) is 1.96. The molecule has 2 aromatic heterocycles. The quantitative estimate of drug-likeness (QED) is 0.830. The molecule has 8 heteroatoms. The van der Waals surface area contributed by atoms with E-state index in [2.05, 4.69) is 19.9 Å². The zero-order chi connectivity index (χ0) is 20.8. The van der Waals surface area contributed by atoms with Gasteiger partial charge in [0.25, 0.3) is 11.8 Å². The first-order chi connectivity index (χ1) is 13.9. The number of aromatic nitrogens is 3. The van der Waals surface area contributed by atoms with Gasteiger partial charge >= 0.3 is 0 Å². The minimum absolute atomic E-state index is 0.0242. The molecule has 0 saturated carbocycles. The first-order valence-corrected chi connectivity index (χ1v) is 9.99. The molecule has 4 heterocycles. The summed E-state index contributed by atoms with van der Waals surface area (Å²) in [7, 11) is 1.57. The van der Waals surface area contributed by atoms with Crippen molar-refractivity contribution in [1.82, 2.24) is 24.8 Å². The summed E-state index contributed by atoms with van der Waals surface area (Å²) in [4.78, 5) is 36.1. The minimum atomic E-state index is -0.400. The van der Waals surface area contributed by atoms with Gasteiger partial charge in [0, 0.05) is 44.7 Å². The molecule has 0 aromatic carbocycles. The Kier molecular flexibility index (Phi) is 4.90. The summed E-state index contributed by atoms with van der Waals surface area (Å²) in [6, 6.07) is 3.46. The van der Waals surface area contributed by atoms with E-state index in [0.29, 0.717) is 37.2 Å². The summed E-state index contributed by atoms with van der Waals surface area (Å²) in [5.74, 6) is 0.711. The first kappa shape index (κ1) is 19.6. The monoisotopic (exact) mass is 397 g/mol. The minimum Gasteiger partial charge on any atom is -0.372 e. The molecule has 154 valence electrons. The van der Waals surface area contributed by atoms with Gasteiger partial charge in [-0.15, -0.1) is 0 Å². The third-order valence-electron chi connectivity index (χ3n) is 6.06. The molecule has 2 unspecified atom stereocenters. The molecule has 29 heavy (non-hydrogen) atoms. The van der Waals surface area contributed by atoms with Gasteiger partial charge in [0.15, 0.2) is 0 Å². The van der Waals surface area contributed by atoms with Gasteiger partial charge < -0.3 is 19.5 Å². The largest absolute Gasteiger partial charge is 0.372 e. The summed E-state index contributed by atoms with van der Waals surface area (Å²) in [6.45, 7) is 6.90. The molecular formula is C21H27N5O3. The van der Waals surface area contributed by atoms with Crippen molar-refractivity contribution in [3.63, 3.8) is 0 Å². The third kappa shape index (κ3) is 3.21. The average Bonchev–Trinajstić information content (AvgIpc) is 3.24. The predicted molar refractivity (Wildman–Crippen MR) is 106 cm³/mol. The summed E-state index contributed by atoms with van der Waals surface area (Å²) in [6.07, 6.45) is 4.66. The maximum absolute atomic E-state index is 12.9. The zero-order valence-electron chi connectivity index (χ0n) is 17.3. The maximum Gasteiger partial charge on any atom is 0.253 e. The molecule has 4 rings (SSSR count). The highest BCUT2D eigenvalue weighted by Crippen LogP contribution is 2.44. The fourth-order valence-corrected chi connectivity index (χ4v) is 4.57. The lowest BCUT2D eigenvalue weighted by Crippen LogP contribution is -2.64. The number of likely N-dealkylation sites (tertiary alicyclic amines) is 1. The van der Waals surface area contributed by atoms with Crippen LogP contribution in [0, 0.1) is 13.8 Å². The Bertz CT molecular complexity index is 944. The number of methoxy groups -OCH3 is 1. The van der Waals surface area contributed by atoms with Crippen LogP contribution < -0.4 is 5.32 Å². The van der Waals surface area contributed by atoms with E-state index in [0.717, 1.165) is 11.5 Å². The van der Waals surface area contributed by atoms with Gasteiger partial charge in [-0.05, 0) is 32.4 Å². The number of imidazole rings is 1. The second kappa shape index (κ2) is 7.26. The maximum atomic E-state index is 12.9. The van der Waals surface area contributed by atoms with Crippen LogP contribution >= 0.6 is 0 Å². The number of fused-ring (bicyclic) bond motifs is 2. The lowest BCUT2D eigenvalue weighted by molar-refractivity contribution is -0.153. The van der Waals surface area contributed by atoms with Crippen LogP contribution in [0.4, 0.5) is 0 Å². The van der Waals surface area contributed by atoms with Gasteiger partial charge in [-0.1, -0.05) is 6.92 Å². The van der Waals surface area contributed by atoms with Crippen molar-refractivity contribution in [2.24, 2.45) is 0 Å². The van der Waals surface area contributed by atoms with Crippen LogP contribution in [-0.4, -0.2) is 57.6 Å². The van der Waals surface area contributed by atoms with Gasteiger partial charge in [-0.3, -0.25) is 14.6 Å². The molecule has 2 aliphatic rings. The molecular weight excluding hydrogens is 370 g/mol. The van der Waals surface area contributed by atoms with Crippen LogP contribution in [0.2, 0.25) is 0 Å². The van der Waals surface area contributed by atoms with Crippen LogP contribution in [0.15, 0.2) is 24.5 Å². The normalized spacial score (nSPS) is 20.3. The Labute approximate surface area is 170 Å². The number of carbonyl (C=O) groups excluding carboxylic acids is 2. The molecule has 0 bridgehead atoms. The fraction of sp³-hybridized carbons (Fsp3) is 0.524. The predicted octanol–water partition coefficient (Wildman–Crippen LogP) is 1.73. The molecule has 2 amide bonds. The number of ether oxygens (including phenoxy) is 1. The van der Waals surface area contributed by atoms with E-state index < -0.39 is 6.10 Å². The van der Waals surface area contributed by atoms with Crippen LogP contribution in [0.1, 0.15) is 53.4 Å². The summed E-state index contributed by atoms with van der Waals surface area (Å²) >= 11 is 0. The first-order valence-electron chi connectivity index (χ1n) is 9.99. The fourth-order valence-electron chi connectivity index (χ4n) is 4.57. The summed E-state index contributed by atoms with van der Waals surface area (Å²) < 4.78 is 7.41. The van der Waals surface area contributed by atoms with Gasteiger partial charge in [0.05, 0.1) is 22.8 Å². The average molecular weight is 397 g/mol. The molecule has 1 spiro atoms. The van der Waals surface area contributed by atoms with E-state index in [1.54, 1.807) is 13.3 Å². The second-order valence-corrected chi connectivity index (χ2v) is 8.02. The molecule has 0 aliphatic carbocycles. The van der Waals surface area contributed by atoms with Crippen molar-refractivity contribution in [1.29, 1.82) is 0 Å². The van der Waals surface area contributed by atoms with Crippen molar-refractivity contribution in [2.75, 3.05) is 20.2 Å². The van der Waals surface area contributed by atoms with Crippen LogP contribution in [0.25, 0.3) is 0 Å². The number of aryl methyl sites for hydroxylation is 2. The number of carbonyl (C=O) groups is 2. The molecule has 2 aromatic rings. The molecule has 2 atom stereocenters. The van der Waals surface area contributed by atoms with Crippen molar-refractivity contribution in [3.05, 3.63) is 47.3 Å².